The summed E-state index contributed by atoms with van der Waals surface area (Å²) in [6, 6.07) is 5.61. The molecule has 0 aliphatic carbocycles. The van der Waals surface area contributed by atoms with E-state index in [0.717, 1.165) is 23.3 Å². The molecule has 0 aromatic heterocycles. The van der Waals surface area contributed by atoms with E-state index in [-0.39, 0.29) is 6.42 Å². The van der Waals surface area contributed by atoms with E-state index in [1.807, 2.05) is 12.1 Å². The minimum absolute atomic E-state index is 0.0610. The molecule has 0 spiro atoms. The van der Waals surface area contributed by atoms with Gasteiger partial charge in [0.1, 0.15) is 5.75 Å². The first-order valence-electron chi connectivity index (χ1n) is 5.20. The quantitative estimate of drug-likeness (QED) is 0.800. The molecule has 86 valence electrons. The molecule has 0 radical (unpaired) electrons. The zero-order valence-electron chi connectivity index (χ0n) is 9.06. The molecule has 1 aromatic rings. The number of ether oxygens (including phenoxy) is 1. The highest BCUT2D eigenvalue weighted by atomic mass is 16.5. The Kier molecular flexibility index (Phi) is 2.59. The highest BCUT2D eigenvalue weighted by Gasteiger charge is 2.32. The minimum atomic E-state index is -1.75. The van der Waals surface area contributed by atoms with Gasteiger partial charge in [-0.15, -0.1) is 0 Å². The van der Waals surface area contributed by atoms with Crippen LogP contribution in [-0.4, -0.2) is 28.4 Å². The van der Waals surface area contributed by atoms with E-state index in [9.17, 15) is 9.90 Å². The van der Waals surface area contributed by atoms with Gasteiger partial charge in [0.15, 0.2) is 5.60 Å². The fourth-order valence-corrected chi connectivity index (χ4v) is 1.87. The number of carboxylic acid groups (broad SMARTS) is 1. The van der Waals surface area contributed by atoms with Crippen LogP contribution < -0.4 is 4.74 Å². The SMILES string of the molecule is CC(O)(Cc1cccc2c1OCC2)C(=O)O. The van der Waals surface area contributed by atoms with Gasteiger partial charge in [0.25, 0.3) is 0 Å². The Hall–Kier alpha value is -1.55. The standard InChI is InChI=1S/C12H14O4/c1-12(15,11(13)14)7-9-4-2-3-8-5-6-16-10(8)9/h2-4,15H,5-7H2,1H3,(H,13,14). The molecule has 0 amide bonds. The summed E-state index contributed by atoms with van der Waals surface area (Å²) in [5, 5.41) is 18.6. The van der Waals surface area contributed by atoms with Crippen molar-refractivity contribution in [3.63, 3.8) is 0 Å². The van der Waals surface area contributed by atoms with Crippen LogP contribution in [0.25, 0.3) is 0 Å². The van der Waals surface area contributed by atoms with Gasteiger partial charge in [-0.1, -0.05) is 18.2 Å². The summed E-state index contributed by atoms with van der Waals surface area (Å²) in [6.07, 6.45) is 0.907. The molecule has 16 heavy (non-hydrogen) atoms. The molecule has 4 heteroatoms. The highest BCUT2D eigenvalue weighted by Crippen LogP contribution is 2.31. The Morgan fingerprint density at radius 2 is 2.31 bits per heavy atom. The van der Waals surface area contributed by atoms with Gasteiger partial charge in [-0.3, -0.25) is 0 Å². The maximum atomic E-state index is 10.8. The van der Waals surface area contributed by atoms with Gasteiger partial charge >= 0.3 is 5.97 Å². The van der Waals surface area contributed by atoms with Crippen LogP contribution >= 0.6 is 0 Å². The van der Waals surface area contributed by atoms with Crippen LogP contribution in [0, 0.1) is 0 Å². The van der Waals surface area contributed by atoms with Crippen LogP contribution in [0.1, 0.15) is 18.1 Å². The van der Waals surface area contributed by atoms with Crippen LogP contribution in [-0.2, 0) is 17.6 Å². The lowest BCUT2D eigenvalue weighted by Gasteiger charge is -2.19. The molecule has 1 aliphatic heterocycles. The lowest BCUT2D eigenvalue weighted by molar-refractivity contribution is -0.156. The second-order valence-electron chi connectivity index (χ2n) is 4.26. The first kappa shape index (κ1) is 11.0. The Morgan fingerprint density at radius 1 is 1.56 bits per heavy atom. The number of rotatable bonds is 3. The largest absolute Gasteiger partial charge is 0.493 e. The van der Waals surface area contributed by atoms with Crippen LogP contribution in [0.15, 0.2) is 18.2 Å². The third kappa shape index (κ3) is 1.88. The summed E-state index contributed by atoms with van der Waals surface area (Å²) < 4.78 is 5.45. The topological polar surface area (TPSA) is 66.8 Å². The maximum Gasteiger partial charge on any atom is 0.335 e. The first-order valence-corrected chi connectivity index (χ1v) is 5.20. The number of carbonyl (C=O) groups is 1. The minimum Gasteiger partial charge on any atom is -0.493 e. The number of carboxylic acids is 1. The molecule has 1 atom stereocenters. The van der Waals surface area contributed by atoms with E-state index in [1.165, 1.54) is 6.92 Å². The first-order chi connectivity index (χ1) is 7.50. The van der Waals surface area contributed by atoms with E-state index in [1.54, 1.807) is 6.07 Å². The second kappa shape index (κ2) is 3.79. The summed E-state index contributed by atoms with van der Waals surface area (Å²) in [4.78, 5) is 10.8. The van der Waals surface area contributed by atoms with E-state index in [2.05, 4.69) is 0 Å². The molecule has 2 rings (SSSR count). The van der Waals surface area contributed by atoms with Gasteiger partial charge in [-0.2, -0.15) is 0 Å². The lowest BCUT2D eigenvalue weighted by Crippen LogP contribution is -2.37. The number of hydrogen-bond acceptors (Lipinski definition) is 3. The summed E-state index contributed by atoms with van der Waals surface area (Å²) in [6.45, 7) is 1.92. The summed E-state index contributed by atoms with van der Waals surface area (Å²) in [5.74, 6) is -0.480. The summed E-state index contributed by atoms with van der Waals surface area (Å²) >= 11 is 0. The van der Waals surface area contributed by atoms with Gasteiger partial charge in [-0.25, -0.2) is 4.79 Å². The number of hydrogen-bond donors (Lipinski definition) is 2. The third-order valence-corrected chi connectivity index (χ3v) is 2.79. The molecule has 2 N–H and O–H groups in total. The van der Waals surface area contributed by atoms with Crippen LogP contribution in [0.3, 0.4) is 0 Å². The lowest BCUT2D eigenvalue weighted by atomic mass is 9.95. The number of para-hydroxylation sites is 1. The highest BCUT2D eigenvalue weighted by molar-refractivity contribution is 5.77. The van der Waals surface area contributed by atoms with E-state index in [0.29, 0.717) is 6.61 Å². The maximum absolute atomic E-state index is 10.8. The van der Waals surface area contributed by atoms with E-state index < -0.39 is 11.6 Å². The molecule has 1 aliphatic rings. The zero-order valence-corrected chi connectivity index (χ0v) is 9.06. The molecular formula is C12H14O4. The number of aliphatic hydroxyl groups is 1. The number of aliphatic carboxylic acids is 1. The van der Waals surface area contributed by atoms with Crippen molar-refractivity contribution in [2.24, 2.45) is 0 Å². The molecule has 0 fully saturated rings. The molecule has 1 unspecified atom stereocenters. The van der Waals surface area contributed by atoms with Crippen molar-refractivity contribution in [2.45, 2.75) is 25.4 Å². The molecular weight excluding hydrogens is 208 g/mol. The average Bonchev–Trinajstić information content (AvgIpc) is 2.65. The van der Waals surface area contributed by atoms with Crippen LogP contribution in [0.4, 0.5) is 0 Å². The van der Waals surface area contributed by atoms with Crippen molar-refractivity contribution < 1.29 is 19.7 Å². The fourth-order valence-electron chi connectivity index (χ4n) is 1.87. The second-order valence-corrected chi connectivity index (χ2v) is 4.26. The number of benzene rings is 1. The number of fused-ring (bicyclic) bond motifs is 1. The zero-order chi connectivity index (χ0) is 11.8. The van der Waals surface area contributed by atoms with Crippen molar-refractivity contribution in [1.82, 2.24) is 0 Å². The Morgan fingerprint density at radius 3 is 3.00 bits per heavy atom. The van der Waals surface area contributed by atoms with Gasteiger partial charge < -0.3 is 14.9 Å². The molecule has 1 aromatic carbocycles. The average molecular weight is 222 g/mol. The monoisotopic (exact) mass is 222 g/mol. The van der Waals surface area contributed by atoms with Crippen LogP contribution in [0.2, 0.25) is 0 Å². The third-order valence-electron chi connectivity index (χ3n) is 2.79. The Labute approximate surface area is 93.5 Å². The Bertz CT molecular complexity index is 423. The predicted octanol–water partition coefficient (Wildman–Crippen LogP) is 1.000. The molecule has 0 bridgehead atoms. The normalized spacial score (nSPS) is 17.4. The van der Waals surface area contributed by atoms with Gasteiger partial charge in [0, 0.05) is 12.8 Å². The fraction of sp³-hybridized carbons (Fsp3) is 0.417. The summed E-state index contributed by atoms with van der Waals surface area (Å²) in [5.41, 5.74) is 0.0854. The van der Waals surface area contributed by atoms with Gasteiger partial charge in [0.05, 0.1) is 6.61 Å². The van der Waals surface area contributed by atoms with E-state index >= 15 is 0 Å². The van der Waals surface area contributed by atoms with Crippen LogP contribution in [0.5, 0.6) is 5.75 Å². The Balaban J connectivity index is 2.29. The smallest absolute Gasteiger partial charge is 0.335 e. The van der Waals surface area contributed by atoms with Crippen molar-refractivity contribution in [3.8, 4) is 5.75 Å². The van der Waals surface area contributed by atoms with Crippen molar-refractivity contribution in [3.05, 3.63) is 29.3 Å². The molecule has 0 saturated heterocycles. The molecule has 1 heterocycles. The summed E-state index contributed by atoms with van der Waals surface area (Å²) in [7, 11) is 0. The van der Waals surface area contributed by atoms with Crippen molar-refractivity contribution in [1.29, 1.82) is 0 Å². The van der Waals surface area contributed by atoms with Crippen molar-refractivity contribution >= 4 is 5.97 Å². The van der Waals surface area contributed by atoms with Gasteiger partial charge in [-0.05, 0) is 18.1 Å². The molecule has 0 saturated carbocycles. The van der Waals surface area contributed by atoms with Crippen molar-refractivity contribution in [2.75, 3.05) is 6.61 Å². The van der Waals surface area contributed by atoms with E-state index in [4.69, 9.17) is 9.84 Å². The predicted molar refractivity (Wildman–Crippen MR) is 57.6 cm³/mol. The van der Waals surface area contributed by atoms with Gasteiger partial charge in [0.2, 0.25) is 0 Å². The molecule has 4 nitrogen and oxygen atoms in total.